The summed E-state index contributed by atoms with van der Waals surface area (Å²) >= 11 is 12.7. The van der Waals surface area contributed by atoms with Crippen LogP contribution >= 0.6 is 35.6 Å². The Labute approximate surface area is 241 Å². The Bertz CT molecular complexity index is 1430. The molecule has 0 radical (unpaired) electrons. The molecule has 0 spiro atoms. The lowest BCUT2D eigenvalue weighted by atomic mass is 10.1. The maximum atomic E-state index is 13.1. The van der Waals surface area contributed by atoms with E-state index in [0.717, 1.165) is 22.9 Å². The molecule has 10 heteroatoms. The molecule has 0 saturated carbocycles. The van der Waals surface area contributed by atoms with E-state index >= 15 is 0 Å². The molecule has 1 saturated heterocycles. The number of hydrogen-bond acceptors (Lipinski definition) is 7. The van der Waals surface area contributed by atoms with Crippen LogP contribution in [0.5, 0.6) is 0 Å². The molecule has 39 heavy (non-hydrogen) atoms. The number of ether oxygens (including phenoxy) is 1. The van der Waals surface area contributed by atoms with Gasteiger partial charge in [0.2, 0.25) is 5.91 Å². The molecule has 3 aromatic rings. The van der Waals surface area contributed by atoms with Crippen molar-refractivity contribution in [1.82, 2.24) is 10.2 Å². The van der Waals surface area contributed by atoms with E-state index in [1.54, 1.807) is 45.0 Å². The molecule has 1 aliphatic heterocycles. The number of amides is 2. The Hall–Kier alpha value is -3.40. The van der Waals surface area contributed by atoms with Crippen molar-refractivity contribution in [3.8, 4) is 11.3 Å². The van der Waals surface area contributed by atoms with Crippen molar-refractivity contribution in [3.63, 3.8) is 0 Å². The summed E-state index contributed by atoms with van der Waals surface area (Å²) in [6.45, 7) is 4.94. The summed E-state index contributed by atoms with van der Waals surface area (Å²) in [4.78, 5) is 40.5. The summed E-state index contributed by atoms with van der Waals surface area (Å²) in [6.07, 6.45) is 1.82. The van der Waals surface area contributed by atoms with Crippen molar-refractivity contribution in [1.29, 1.82) is 0 Å². The fourth-order valence-electron chi connectivity index (χ4n) is 3.80. The molecular weight excluding hydrogens is 556 g/mol. The van der Waals surface area contributed by atoms with Gasteiger partial charge in [-0.15, -0.1) is 0 Å². The average Bonchev–Trinajstić information content (AvgIpc) is 3.43. The zero-order valence-electron chi connectivity index (χ0n) is 21.6. The van der Waals surface area contributed by atoms with E-state index < -0.39 is 29.4 Å². The van der Waals surface area contributed by atoms with Gasteiger partial charge in [-0.25, -0.2) is 4.79 Å². The quantitative estimate of drug-likeness (QED) is 0.202. The lowest BCUT2D eigenvalue weighted by molar-refractivity contribution is -0.158. The predicted molar refractivity (Wildman–Crippen MR) is 157 cm³/mol. The number of esters is 1. The fourth-order valence-corrected chi connectivity index (χ4v) is 5.27. The number of hydrogen-bond donors (Lipinski definition) is 1. The third-order valence-corrected chi connectivity index (χ3v) is 7.23. The van der Waals surface area contributed by atoms with Crippen molar-refractivity contribution < 1.29 is 23.5 Å². The summed E-state index contributed by atoms with van der Waals surface area (Å²) in [6, 6.07) is 19.2. The number of rotatable bonds is 8. The van der Waals surface area contributed by atoms with Crippen molar-refractivity contribution in [2.24, 2.45) is 0 Å². The molecule has 1 unspecified atom stereocenters. The van der Waals surface area contributed by atoms with Crippen molar-refractivity contribution in [2.75, 3.05) is 6.54 Å². The maximum absolute atomic E-state index is 13.1. The topological polar surface area (TPSA) is 88.9 Å². The van der Waals surface area contributed by atoms with Crippen LogP contribution in [0.25, 0.3) is 17.4 Å². The monoisotopic (exact) mass is 582 g/mol. The van der Waals surface area contributed by atoms with Gasteiger partial charge in [-0.3, -0.25) is 14.5 Å². The van der Waals surface area contributed by atoms with Crippen LogP contribution in [0.3, 0.4) is 0 Å². The molecule has 2 aromatic carbocycles. The standard InChI is InChI=1S/C29H27ClN2O5S2/c1-29(2,3)37-27(35)22(15-18-9-5-4-6-10-18)31-25(33)17-32-26(34)24(39-28(32)38)16-19-13-14-23(36-19)20-11-7-8-12-21(20)30/h4-14,16,22H,15,17H2,1-3H3,(H,31,33)/b24-16-. The Balaban J connectivity index is 1.44. The lowest BCUT2D eigenvalue weighted by Crippen LogP contribution is -2.49. The van der Waals surface area contributed by atoms with E-state index in [4.69, 9.17) is 33.0 Å². The summed E-state index contributed by atoms with van der Waals surface area (Å²) in [7, 11) is 0. The van der Waals surface area contributed by atoms with Crippen LogP contribution in [0.15, 0.2) is 76.1 Å². The molecule has 1 fully saturated rings. The van der Waals surface area contributed by atoms with Gasteiger partial charge in [0.25, 0.3) is 5.91 Å². The zero-order chi connectivity index (χ0) is 28.2. The van der Waals surface area contributed by atoms with Gasteiger partial charge >= 0.3 is 5.97 Å². The second-order valence-electron chi connectivity index (χ2n) is 9.79. The highest BCUT2D eigenvalue weighted by molar-refractivity contribution is 8.26. The second-order valence-corrected chi connectivity index (χ2v) is 11.9. The van der Waals surface area contributed by atoms with Crippen LogP contribution in [0.4, 0.5) is 0 Å². The van der Waals surface area contributed by atoms with Crippen LogP contribution in [0.1, 0.15) is 32.1 Å². The highest BCUT2D eigenvalue weighted by Gasteiger charge is 2.35. The van der Waals surface area contributed by atoms with Gasteiger partial charge in [0.05, 0.1) is 9.93 Å². The Morgan fingerprint density at radius 1 is 1.10 bits per heavy atom. The molecule has 1 atom stereocenters. The first-order chi connectivity index (χ1) is 18.5. The van der Waals surface area contributed by atoms with Crippen molar-refractivity contribution in [3.05, 3.63) is 88.0 Å². The summed E-state index contributed by atoms with van der Waals surface area (Å²) in [5, 5.41) is 3.27. The molecular formula is C29H27ClN2O5S2. The van der Waals surface area contributed by atoms with Gasteiger partial charge in [-0.2, -0.15) is 0 Å². The van der Waals surface area contributed by atoms with E-state index in [-0.39, 0.29) is 17.3 Å². The summed E-state index contributed by atoms with van der Waals surface area (Å²) in [5.74, 6) is -0.501. The SMILES string of the molecule is CC(C)(C)OC(=O)C(Cc1ccccc1)NC(=O)CN1C(=O)/C(=C/c2ccc(-c3ccccc3Cl)o2)SC1=S. The molecule has 0 aliphatic carbocycles. The number of furan rings is 1. The Morgan fingerprint density at radius 3 is 2.49 bits per heavy atom. The number of thiocarbonyl (C=S) groups is 1. The van der Waals surface area contributed by atoms with Crippen LogP contribution < -0.4 is 5.32 Å². The zero-order valence-corrected chi connectivity index (χ0v) is 24.0. The van der Waals surface area contributed by atoms with E-state index in [0.29, 0.717) is 21.4 Å². The summed E-state index contributed by atoms with van der Waals surface area (Å²) in [5.41, 5.74) is 0.867. The van der Waals surface area contributed by atoms with Gasteiger partial charge in [-0.05, 0) is 50.6 Å². The first-order valence-corrected chi connectivity index (χ1v) is 13.8. The molecule has 4 rings (SSSR count). The Morgan fingerprint density at radius 2 is 1.79 bits per heavy atom. The van der Waals surface area contributed by atoms with E-state index in [2.05, 4.69) is 5.32 Å². The molecule has 2 heterocycles. The van der Waals surface area contributed by atoms with Crippen molar-refractivity contribution >= 4 is 63.8 Å². The number of carbonyl (C=O) groups excluding carboxylic acids is 3. The van der Waals surface area contributed by atoms with Gasteiger partial charge in [-0.1, -0.05) is 78.0 Å². The highest BCUT2D eigenvalue weighted by Crippen LogP contribution is 2.34. The van der Waals surface area contributed by atoms with Gasteiger partial charge in [0.15, 0.2) is 0 Å². The van der Waals surface area contributed by atoms with E-state index in [1.165, 1.54) is 4.90 Å². The second kappa shape index (κ2) is 12.2. The Kier molecular flexibility index (Phi) is 8.94. The smallest absolute Gasteiger partial charge is 0.329 e. The van der Waals surface area contributed by atoms with Crippen LogP contribution in [0.2, 0.25) is 5.02 Å². The lowest BCUT2D eigenvalue weighted by Gasteiger charge is -2.25. The van der Waals surface area contributed by atoms with E-state index in [9.17, 15) is 14.4 Å². The normalized spacial score (nSPS) is 15.5. The number of nitrogens with one attached hydrogen (secondary N) is 1. The number of benzene rings is 2. The molecule has 1 aliphatic rings. The summed E-state index contributed by atoms with van der Waals surface area (Å²) < 4.78 is 11.6. The van der Waals surface area contributed by atoms with Crippen LogP contribution in [-0.4, -0.2) is 45.2 Å². The number of halogens is 1. The number of nitrogens with zero attached hydrogens (tertiary/aromatic N) is 1. The highest BCUT2D eigenvalue weighted by atomic mass is 35.5. The van der Waals surface area contributed by atoms with Crippen molar-refractivity contribution in [2.45, 2.75) is 38.8 Å². The maximum Gasteiger partial charge on any atom is 0.329 e. The van der Waals surface area contributed by atoms with Gasteiger partial charge < -0.3 is 14.5 Å². The molecule has 2 amide bonds. The third-order valence-electron chi connectivity index (χ3n) is 5.52. The first-order valence-electron chi connectivity index (χ1n) is 12.2. The van der Waals surface area contributed by atoms with E-state index in [1.807, 2.05) is 48.5 Å². The van der Waals surface area contributed by atoms with Crippen LogP contribution in [0, 0.1) is 0 Å². The number of thioether (sulfide) groups is 1. The van der Waals surface area contributed by atoms with Gasteiger partial charge in [0.1, 0.15) is 34.0 Å². The molecule has 1 aromatic heterocycles. The van der Waals surface area contributed by atoms with Gasteiger partial charge in [0, 0.05) is 18.1 Å². The minimum Gasteiger partial charge on any atom is -0.458 e. The van der Waals surface area contributed by atoms with Crippen LogP contribution in [-0.2, 0) is 25.5 Å². The molecule has 0 bridgehead atoms. The predicted octanol–water partition coefficient (Wildman–Crippen LogP) is 5.87. The molecule has 7 nitrogen and oxygen atoms in total. The number of carbonyl (C=O) groups is 3. The largest absolute Gasteiger partial charge is 0.458 e. The molecule has 202 valence electrons. The minimum atomic E-state index is -0.931. The molecule has 1 N–H and O–H groups in total. The third kappa shape index (κ3) is 7.59. The average molecular weight is 583 g/mol. The first kappa shape index (κ1) is 28.6. The minimum absolute atomic E-state index is 0.233. The fraction of sp³-hybridized carbons (Fsp3) is 0.241.